The van der Waals surface area contributed by atoms with Gasteiger partial charge in [-0.1, -0.05) is 39.0 Å². The van der Waals surface area contributed by atoms with Crippen molar-refractivity contribution in [3.8, 4) is 0 Å². The largest absolute Gasteiger partial charge is 0.343 e. The van der Waals surface area contributed by atoms with E-state index in [1.165, 1.54) is 19.3 Å². The van der Waals surface area contributed by atoms with Gasteiger partial charge in [0, 0.05) is 19.0 Å². The predicted molar refractivity (Wildman–Crippen MR) is 77.4 cm³/mol. The molecule has 5 heteroatoms. The highest BCUT2D eigenvalue weighted by atomic mass is 16.7. The molecule has 0 bridgehead atoms. The van der Waals surface area contributed by atoms with Crippen molar-refractivity contribution in [1.82, 2.24) is 5.32 Å². The highest BCUT2D eigenvalue weighted by Gasteiger charge is 2.30. The van der Waals surface area contributed by atoms with E-state index >= 15 is 0 Å². The summed E-state index contributed by atoms with van der Waals surface area (Å²) in [6, 6.07) is 0. The molecular formula is C14H32N2O3. The molecule has 0 aliphatic rings. The molecule has 0 aromatic heterocycles. The topological polar surface area (TPSA) is 98.7 Å². The number of unbranched alkanes of at least 4 members (excludes halogenated alkanes) is 4. The van der Waals surface area contributed by atoms with Crippen LogP contribution in [-0.2, 0) is 0 Å². The zero-order valence-corrected chi connectivity index (χ0v) is 12.3. The van der Waals surface area contributed by atoms with Crippen LogP contribution in [0.15, 0.2) is 0 Å². The number of nitrogens with one attached hydrogen (secondary N) is 1. The van der Waals surface area contributed by atoms with Gasteiger partial charge in [-0.3, -0.25) is 0 Å². The first kappa shape index (κ1) is 18.8. The number of hydrogen-bond acceptors (Lipinski definition) is 5. The van der Waals surface area contributed by atoms with Gasteiger partial charge in [-0.2, -0.15) is 0 Å². The van der Waals surface area contributed by atoms with E-state index in [4.69, 9.17) is 5.73 Å². The lowest BCUT2D eigenvalue weighted by Crippen LogP contribution is -2.38. The van der Waals surface area contributed by atoms with E-state index in [-0.39, 0.29) is 0 Å². The Labute approximate surface area is 117 Å². The SMILES string of the molecule is CCCCCCCC(CCCNCCN)C(O)(O)O. The molecule has 0 aliphatic heterocycles. The lowest BCUT2D eigenvalue weighted by Gasteiger charge is -2.26. The smallest absolute Gasteiger partial charge is 0.278 e. The first-order valence-electron chi connectivity index (χ1n) is 7.60. The summed E-state index contributed by atoms with van der Waals surface area (Å²) in [5.41, 5.74) is 5.36. The fourth-order valence-electron chi connectivity index (χ4n) is 2.23. The molecule has 1 unspecified atom stereocenters. The van der Waals surface area contributed by atoms with E-state index in [0.717, 1.165) is 32.4 Å². The van der Waals surface area contributed by atoms with Gasteiger partial charge in [-0.25, -0.2) is 0 Å². The summed E-state index contributed by atoms with van der Waals surface area (Å²) in [6.07, 6.45) is 7.69. The standard InChI is InChI=1S/C14H32N2O3/c1-2-3-4-5-6-8-13(14(17,18)19)9-7-11-16-12-10-15/h13,16-19H,2-12,15H2,1H3. The van der Waals surface area contributed by atoms with Gasteiger partial charge in [-0.15, -0.1) is 0 Å². The Hall–Kier alpha value is -0.200. The highest BCUT2D eigenvalue weighted by Crippen LogP contribution is 2.24. The maximum absolute atomic E-state index is 9.35. The Morgan fingerprint density at radius 3 is 2.16 bits per heavy atom. The molecule has 0 radical (unpaired) electrons. The summed E-state index contributed by atoms with van der Waals surface area (Å²) in [7, 11) is 0. The van der Waals surface area contributed by atoms with Crippen molar-refractivity contribution in [1.29, 1.82) is 0 Å². The van der Waals surface area contributed by atoms with Crippen molar-refractivity contribution < 1.29 is 15.3 Å². The number of nitrogens with two attached hydrogens (primary N) is 1. The molecule has 0 amide bonds. The van der Waals surface area contributed by atoms with Crippen LogP contribution in [0.25, 0.3) is 0 Å². The summed E-state index contributed by atoms with van der Waals surface area (Å²) in [4.78, 5) is 0. The first-order valence-corrected chi connectivity index (χ1v) is 7.60. The molecule has 0 aliphatic carbocycles. The molecule has 0 spiro atoms. The van der Waals surface area contributed by atoms with Gasteiger partial charge >= 0.3 is 0 Å². The predicted octanol–water partition coefficient (Wildman–Crippen LogP) is 0.922. The summed E-state index contributed by atoms with van der Waals surface area (Å²) in [6.45, 7) is 4.33. The van der Waals surface area contributed by atoms with Crippen molar-refractivity contribution in [3.05, 3.63) is 0 Å². The van der Waals surface area contributed by atoms with Gasteiger partial charge in [0.2, 0.25) is 0 Å². The summed E-state index contributed by atoms with van der Waals surface area (Å²) in [5, 5.41) is 31.2. The second-order valence-corrected chi connectivity index (χ2v) is 5.27. The van der Waals surface area contributed by atoms with Gasteiger partial charge in [0.1, 0.15) is 0 Å². The molecule has 0 rings (SSSR count). The monoisotopic (exact) mass is 276 g/mol. The zero-order chi connectivity index (χ0) is 14.6. The van der Waals surface area contributed by atoms with Crippen LogP contribution >= 0.6 is 0 Å². The van der Waals surface area contributed by atoms with Crippen molar-refractivity contribution in [2.24, 2.45) is 11.7 Å². The second kappa shape index (κ2) is 11.6. The van der Waals surface area contributed by atoms with E-state index in [9.17, 15) is 15.3 Å². The molecule has 0 fully saturated rings. The maximum Gasteiger partial charge on any atom is 0.278 e. The third-order valence-electron chi connectivity index (χ3n) is 3.43. The molecule has 19 heavy (non-hydrogen) atoms. The Morgan fingerprint density at radius 2 is 1.58 bits per heavy atom. The second-order valence-electron chi connectivity index (χ2n) is 5.27. The van der Waals surface area contributed by atoms with E-state index < -0.39 is 11.9 Å². The fraction of sp³-hybridized carbons (Fsp3) is 1.00. The van der Waals surface area contributed by atoms with Crippen LogP contribution in [0.4, 0.5) is 0 Å². The zero-order valence-electron chi connectivity index (χ0n) is 12.3. The van der Waals surface area contributed by atoms with Gasteiger partial charge < -0.3 is 26.4 Å². The van der Waals surface area contributed by atoms with E-state index in [0.29, 0.717) is 19.4 Å². The molecule has 0 aromatic carbocycles. The molecule has 0 aromatic rings. The van der Waals surface area contributed by atoms with Crippen LogP contribution in [0.2, 0.25) is 0 Å². The Kier molecular flexibility index (Phi) is 11.5. The number of rotatable bonds is 13. The average molecular weight is 276 g/mol. The lowest BCUT2D eigenvalue weighted by molar-refractivity contribution is -0.344. The summed E-state index contributed by atoms with van der Waals surface area (Å²) >= 11 is 0. The van der Waals surface area contributed by atoms with Crippen LogP contribution in [0, 0.1) is 5.92 Å². The first-order chi connectivity index (χ1) is 9.02. The Balaban J connectivity index is 3.77. The highest BCUT2D eigenvalue weighted by molar-refractivity contribution is 4.67. The van der Waals surface area contributed by atoms with E-state index in [1.54, 1.807) is 0 Å². The lowest BCUT2D eigenvalue weighted by atomic mass is 9.93. The van der Waals surface area contributed by atoms with Crippen LogP contribution in [0.5, 0.6) is 0 Å². The molecule has 116 valence electrons. The maximum atomic E-state index is 9.35. The number of hydrogen-bond donors (Lipinski definition) is 5. The molecule has 0 saturated carbocycles. The van der Waals surface area contributed by atoms with Gasteiger partial charge in [0.15, 0.2) is 0 Å². The van der Waals surface area contributed by atoms with Crippen LogP contribution < -0.4 is 11.1 Å². The van der Waals surface area contributed by atoms with Crippen LogP contribution in [0.1, 0.15) is 58.3 Å². The normalized spacial score (nSPS) is 13.7. The molecule has 0 saturated heterocycles. The van der Waals surface area contributed by atoms with Gasteiger partial charge in [0.25, 0.3) is 5.97 Å². The van der Waals surface area contributed by atoms with Gasteiger partial charge in [-0.05, 0) is 25.8 Å². The minimum atomic E-state index is -2.54. The van der Waals surface area contributed by atoms with Crippen LogP contribution in [-0.4, -0.2) is 40.9 Å². The molecule has 6 N–H and O–H groups in total. The molecule has 1 atom stereocenters. The third-order valence-corrected chi connectivity index (χ3v) is 3.43. The minimum Gasteiger partial charge on any atom is -0.343 e. The van der Waals surface area contributed by atoms with Crippen molar-refractivity contribution in [3.63, 3.8) is 0 Å². The Morgan fingerprint density at radius 1 is 0.947 bits per heavy atom. The van der Waals surface area contributed by atoms with Crippen molar-refractivity contribution >= 4 is 0 Å². The fourth-order valence-corrected chi connectivity index (χ4v) is 2.23. The van der Waals surface area contributed by atoms with Gasteiger partial charge in [0.05, 0.1) is 0 Å². The number of aliphatic hydroxyl groups is 3. The molecule has 5 nitrogen and oxygen atoms in total. The quantitative estimate of drug-likeness (QED) is 0.254. The summed E-state index contributed by atoms with van der Waals surface area (Å²) < 4.78 is 0. The average Bonchev–Trinajstić information content (AvgIpc) is 2.34. The van der Waals surface area contributed by atoms with E-state index in [2.05, 4.69) is 12.2 Å². The van der Waals surface area contributed by atoms with Crippen molar-refractivity contribution in [2.75, 3.05) is 19.6 Å². The molecule has 0 heterocycles. The molecular weight excluding hydrogens is 244 g/mol. The summed E-state index contributed by atoms with van der Waals surface area (Å²) in [5.74, 6) is -3.01. The van der Waals surface area contributed by atoms with E-state index in [1.807, 2.05) is 0 Å². The minimum absolute atomic E-state index is 0.464. The van der Waals surface area contributed by atoms with Crippen LogP contribution in [0.3, 0.4) is 0 Å². The van der Waals surface area contributed by atoms with Crippen molar-refractivity contribution in [2.45, 2.75) is 64.3 Å². The third kappa shape index (κ3) is 11.3. The Bertz CT molecular complexity index is 182.